The molecule has 3 aromatic rings. The summed E-state index contributed by atoms with van der Waals surface area (Å²) in [7, 11) is -6.86. The molecule has 0 fully saturated rings. The third kappa shape index (κ3) is 4.41. The summed E-state index contributed by atoms with van der Waals surface area (Å²) in [5, 5.41) is 0. The lowest BCUT2D eigenvalue weighted by molar-refractivity contribution is 0.486. The van der Waals surface area contributed by atoms with Crippen LogP contribution in [0.3, 0.4) is 0 Å². The van der Waals surface area contributed by atoms with Gasteiger partial charge in [0.25, 0.3) is 10.0 Å². The SMILES string of the molecule is Cc1ccc(S(=O)(=O)Oc2ccc(N(C)S(=O)(=O)c3ccccc3F)cc2)cc1. The lowest BCUT2D eigenvalue weighted by Crippen LogP contribution is -2.27. The van der Waals surface area contributed by atoms with Crippen LogP contribution in [0.15, 0.2) is 82.6 Å². The summed E-state index contributed by atoms with van der Waals surface area (Å²) >= 11 is 0. The number of nitrogens with zero attached hydrogens (tertiary/aromatic N) is 1. The van der Waals surface area contributed by atoms with Crippen molar-refractivity contribution in [3.05, 3.63) is 84.2 Å². The molecular weight excluding hydrogens is 417 g/mol. The van der Waals surface area contributed by atoms with Crippen LogP contribution in [0, 0.1) is 12.7 Å². The second kappa shape index (κ2) is 7.84. The van der Waals surface area contributed by atoms with Gasteiger partial charge in [-0.25, -0.2) is 12.8 Å². The summed E-state index contributed by atoms with van der Waals surface area (Å²) in [5.74, 6) is -0.838. The fraction of sp³-hybridized carbons (Fsp3) is 0.100. The molecule has 6 nitrogen and oxygen atoms in total. The van der Waals surface area contributed by atoms with Crippen LogP contribution in [0.4, 0.5) is 10.1 Å². The number of hydrogen-bond acceptors (Lipinski definition) is 5. The van der Waals surface area contributed by atoms with Gasteiger partial charge in [0.2, 0.25) is 0 Å². The minimum absolute atomic E-state index is 0.00595. The Morgan fingerprint density at radius 1 is 0.828 bits per heavy atom. The molecule has 0 aliphatic carbocycles. The van der Waals surface area contributed by atoms with E-state index in [-0.39, 0.29) is 16.3 Å². The quantitative estimate of drug-likeness (QED) is 0.551. The Morgan fingerprint density at radius 3 is 2.00 bits per heavy atom. The first kappa shape index (κ1) is 20.8. The van der Waals surface area contributed by atoms with E-state index in [1.807, 2.05) is 6.92 Å². The van der Waals surface area contributed by atoms with Gasteiger partial charge >= 0.3 is 10.1 Å². The van der Waals surface area contributed by atoms with Gasteiger partial charge in [0.1, 0.15) is 21.4 Å². The average molecular weight is 435 g/mol. The molecule has 3 rings (SSSR count). The van der Waals surface area contributed by atoms with Crippen molar-refractivity contribution < 1.29 is 25.4 Å². The van der Waals surface area contributed by atoms with Crippen molar-refractivity contribution >= 4 is 25.8 Å². The lowest BCUT2D eigenvalue weighted by atomic mass is 10.2. The highest BCUT2D eigenvalue weighted by Gasteiger charge is 2.25. The molecule has 9 heteroatoms. The van der Waals surface area contributed by atoms with E-state index in [2.05, 4.69) is 0 Å². The van der Waals surface area contributed by atoms with E-state index in [0.717, 1.165) is 15.9 Å². The molecule has 0 unspecified atom stereocenters. The molecule has 0 atom stereocenters. The predicted octanol–water partition coefficient (Wildman–Crippen LogP) is 3.73. The average Bonchev–Trinajstić information content (AvgIpc) is 2.68. The molecule has 0 spiro atoms. The Balaban J connectivity index is 1.83. The zero-order chi connectivity index (χ0) is 21.2. The third-order valence-electron chi connectivity index (χ3n) is 4.19. The summed E-state index contributed by atoms with van der Waals surface area (Å²) in [6, 6.07) is 16.6. The van der Waals surface area contributed by atoms with Crippen LogP contribution in [0.1, 0.15) is 5.56 Å². The summed E-state index contributed by atoms with van der Waals surface area (Å²) in [5.41, 5.74) is 1.13. The molecule has 152 valence electrons. The van der Waals surface area contributed by atoms with Crippen LogP contribution in [0.25, 0.3) is 0 Å². The van der Waals surface area contributed by atoms with Gasteiger partial charge in [-0.05, 0) is 55.5 Å². The molecule has 0 bridgehead atoms. The number of hydrogen-bond donors (Lipinski definition) is 0. The van der Waals surface area contributed by atoms with E-state index in [4.69, 9.17) is 4.18 Å². The van der Waals surface area contributed by atoms with Gasteiger partial charge in [0.15, 0.2) is 0 Å². The minimum Gasteiger partial charge on any atom is -0.379 e. The summed E-state index contributed by atoms with van der Waals surface area (Å²) in [4.78, 5) is -0.448. The molecule has 0 radical (unpaired) electrons. The number of benzene rings is 3. The van der Waals surface area contributed by atoms with E-state index in [1.165, 1.54) is 61.6 Å². The van der Waals surface area contributed by atoms with Crippen molar-refractivity contribution in [2.45, 2.75) is 16.7 Å². The van der Waals surface area contributed by atoms with Crippen LogP contribution < -0.4 is 8.49 Å². The Bertz CT molecular complexity index is 1220. The van der Waals surface area contributed by atoms with Crippen LogP contribution >= 0.6 is 0 Å². The molecule has 0 N–H and O–H groups in total. The molecule has 0 saturated heterocycles. The standard InChI is InChI=1S/C20H18FNO5S2/c1-15-7-13-18(14-8-15)29(25,26)27-17-11-9-16(10-12-17)22(2)28(23,24)20-6-4-3-5-19(20)21/h3-14H,1-2H3. The van der Waals surface area contributed by atoms with Crippen LogP contribution in [-0.2, 0) is 20.1 Å². The third-order valence-corrected chi connectivity index (χ3v) is 7.27. The Kier molecular flexibility index (Phi) is 5.63. The number of halogens is 1. The van der Waals surface area contributed by atoms with Crippen molar-refractivity contribution in [3.63, 3.8) is 0 Å². The maximum atomic E-state index is 13.9. The number of sulfonamides is 1. The van der Waals surface area contributed by atoms with Gasteiger partial charge in [-0.15, -0.1) is 0 Å². The molecule has 29 heavy (non-hydrogen) atoms. The zero-order valence-electron chi connectivity index (χ0n) is 15.6. The molecule has 0 amide bonds. The van der Waals surface area contributed by atoms with Crippen LogP contribution in [0.2, 0.25) is 0 Å². The topological polar surface area (TPSA) is 80.8 Å². The van der Waals surface area contributed by atoms with E-state index in [9.17, 15) is 21.2 Å². The Labute approximate surface area is 169 Å². The van der Waals surface area contributed by atoms with Crippen LogP contribution in [-0.4, -0.2) is 23.9 Å². The molecule has 3 aromatic carbocycles. The second-order valence-electron chi connectivity index (χ2n) is 6.25. The highest BCUT2D eigenvalue weighted by Crippen LogP contribution is 2.27. The normalized spacial score (nSPS) is 11.8. The highest BCUT2D eigenvalue weighted by molar-refractivity contribution is 7.92. The van der Waals surface area contributed by atoms with Gasteiger partial charge in [0.05, 0.1) is 5.69 Å². The van der Waals surface area contributed by atoms with E-state index in [1.54, 1.807) is 12.1 Å². The second-order valence-corrected chi connectivity index (χ2v) is 9.73. The number of aryl methyl sites for hydroxylation is 1. The van der Waals surface area contributed by atoms with Gasteiger partial charge in [-0.3, -0.25) is 4.31 Å². The summed E-state index contributed by atoms with van der Waals surface area (Å²) in [6.45, 7) is 1.84. The summed E-state index contributed by atoms with van der Waals surface area (Å²) in [6.07, 6.45) is 0. The summed E-state index contributed by atoms with van der Waals surface area (Å²) < 4.78 is 69.9. The number of rotatable bonds is 6. The Hall–Kier alpha value is -2.91. The maximum Gasteiger partial charge on any atom is 0.339 e. The van der Waals surface area contributed by atoms with Crippen molar-refractivity contribution in [2.24, 2.45) is 0 Å². The van der Waals surface area contributed by atoms with Gasteiger partial charge < -0.3 is 4.18 Å². The van der Waals surface area contributed by atoms with Crippen molar-refractivity contribution in [3.8, 4) is 5.75 Å². The van der Waals surface area contributed by atoms with E-state index >= 15 is 0 Å². The van der Waals surface area contributed by atoms with Crippen molar-refractivity contribution in [2.75, 3.05) is 11.4 Å². The highest BCUT2D eigenvalue weighted by atomic mass is 32.2. The number of anilines is 1. The predicted molar refractivity (Wildman–Crippen MR) is 107 cm³/mol. The minimum atomic E-state index is -4.12. The molecule has 0 saturated carbocycles. The fourth-order valence-electron chi connectivity index (χ4n) is 2.53. The lowest BCUT2D eigenvalue weighted by Gasteiger charge is -2.20. The van der Waals surface area contributed by atoms with E-state index in [0.29, 0.717) is 0 Å². The molecular formula is C20H18FNO5S2. The van der Waals surface area contributed by atoms with Gasteiger partial charge in [-0.2, -0.15) is 8.42 Å². The zero-order valence-corrected chi connectivity index (χ0v) is 17.2. The largest absolute Gasteiger partial charge is 0.379 e. The molecule has 0 aliphatic heterocycles. The first-order valence-electron chi connectivity index (χ1n) is 8.46. The van der Waals surface area contributed by atoms with E-state index < -0.39 is 30.9 Å². The van der Waals surface area contributed by atoms with Crippen LogP contribution in [0.5, 0.6) is 5.75 Å². The molecule has 0 aromatic heterocycles. The molecule has 0 heterocycles. The monoisotopic (exact) mass is 435 g/mol. The smallest absolute Gasteiger partial charge is 0.339 e. The van der Waals surface area contributed by atoms with Gasteiger partial charge in [0, 0.05) is 7.05 Å². The van der Waals surface area contributed by atoms with Crippen molar-refractivity contribution in [1.29, 1.82) is 0 Å². The first-order chi connectivity index (χ1) is 13.6. The Morgan fingerprint density at radius 2 is 1.41 bits per heavy atom. The van der Waals surface area contributed by atoms with Crippen molar-refractivity contribution in [1.82, 2.24) is 0 Å². The fourth-order valence-corrected chi connectivity index (χ4v) is 4.72. The molecule has 0 aliphatic rings. The first-order valence-corrected chi connectivity index (χ1v) is 11.3. The maximum absolute atomic E-state index is 13.9. The van der Waals surface area contributed by atoms with Gasteiger partial charge in [-0.1, -0.05) is 29.8 Å².